The van der Waals surface area contributed by atoms with Crippen molar-refractivity contribution >= 4 is 22.8 Å². The van der Waals surface area contributed by atoms with Gasteiger partial charge in [-0.2, -0.15) is 5.10 Å². The van der Waals surface area contributed by atoms with E-state index in [1.807, 2.05) is 0 Å². The Morgan fingerprint density at radius 3 is 2.86 bits per heavy atom. The van der Waals surface area contributed by atoms with Gasteiger partial charge in [0.05, 0.1) is 12.6 Å². The minimum absolute atomic E-state index is 0.0857. The number of aromatic amines is 1. The second-order valence-electron chi connectivity index (χ2n) is 8.79. The van der Waals surface area contributed by atoms with E-state index >= 15 is 0 Å². The van der Waals surface area contributed by atoms with Gasteiger partial charge in [-0.1, -0.05) is 6.07 Å². The lowest BCUT2D eigenvalue weighted by atomic mass is 10.0. The molecule has 2 aromatic heterocycles. The minimum atomic E-state index is -0.365. The normalized spacial score (nSPS) is 16.1. The third-order valence-corrected chi connectivity index (χ3v) is 6.32. The molecule has 1 fully saturated rings. The van der Waals surface area contributed by atoms with E-state index in [-0.39, 0.29) is 23.7 Å². The van der Waals surface area contributed by atoms with Gasteiger partial charge in [-0.05, 0) is 55.8 Å². The molecule has 10 heteroatoms. The average molecular weight is 493 g/mol. The van der Waals surface area contributed by atoms with E-state index in [9.17, 15) is 13.6 Å². The summed E-state index contributed by atoms with van der Waals surface area (Å²) in [5, 5.41) is 13.8. The fourth-order valence-electron chi connectivity index (χ4n) is 4.57. The van der Waals surface area contributed by atoms with Crippen LogP contribution in [0, 0.1) is 11.6 Å². The number of ether oxygens (including phenoxy) is 1. The molecule has 0 saturated carbocycles. The van der Waals surface area contributed by atoms with Gasteiger partial charge in [-0.15, -0.1) is 0 Å². The Labute approximate surface area is 206 Å². The van der Waals surface area contributed by atoms with Gasteiger partial charge in [0, 0.05) is 47.9 Å². The molecule has 1 unspecified atom stereocenters. The molecule has 1 aliphatic rings. The number of methoxy groups -OCH3 is 1. The Kier molecular flexibility index (Phi) is 6.77. The summed E-state index contributed by atoms with van der Waals surface area (Å²) in [7, 11) is 1.53. The standard InChI is InChI=1S/C26H26F2N6O2/c1-36-23-6-2-5-21(28)20(23)15-34-11-3-4-18(14-34)30-26(35)31-24-12-22-19(13-29-24)25(33-32-22)16-7-9-17(27)10-8-16/h2,5-10,12-13,18H,3-4,11,14-15H2,1H3,(H,32,33)(H2,29,30,31,35). The van der Waals surface area contributed by atoms with Crippen molar-refractivity contribution in [3.8, 4) is 17.0 Å². The van der Waals surface area contributed by atoms with Gasteiger partial charge in [-0.3, -0.25) is 15.3 Å². The summed E-state index contributed by atoms with van der Waals surface area (Å²) in [5.74, 6) is 0.274. The highest BCUT2D eigenvalue weighted by molar-refractivity contribution is 5.95. The molecule has 1 aliphatic heterocycles. The fraction of sp³-hybridized carbons (Fsp3) is 0.269. The van der Waals surface area contributed by atoms with Crippen molar-refractivity contribution in [3.63, 3.8) is 0 Å². The summed E-state index contributed by atoms with van der Waals surface area (Å²) in [6.07, 6.45) is 3.33. The van der Waals surface area contributed by atoms with E-state index in [4.69, 9.17) is 4.74 Å². The summed E-state index contributed by atoms with van der Waals surface area (Å²) in [6, 6.07) is 12.1. The van der Waals surface area contributed by atoms with Gasteiger partial charge in [-0.25, -0.2) is 18.6 Å². The predicted molar refractivity (Wildman–Crippen MR) is 133 cm³/mol. The first kappa shape index (κ1) is 23.7. The number of aromatic nitrogens is 3. The van der Waals surface area contributed by atoms with Gasteiger partial charge in [0.2, 0.25) is 0 Å². The van der Waals surface area contributed by atoms with Crippen LogP contribution in [0.3, 0.4) is 0 Å². The van der Waals surface area contributed by atoms with E-state index in [2.05, 4.69) is 30.7 Å². The van der Waals surface area contributed by atoms with Crippen LogP contribution in [0.15, 0.2) is 54.7 Å². The van der Waals surface area contributed by atoms with Crippen molar-refractivity contribution in [2.75, 3.05) is 25.5 Å². The number of hydrogen-bond donors (Lipinski definition) is 3. The first-order valence-electron chi connectivity index (χ1n) is 11.7. The van der Waals surface area contributed by atoms with Gasteiger partial charge in [0.25, 0.3) is 0 Å². The number of pyridine rings is 1. The SMILES string of the molecule is COc1cccc(F)c1CN1CCCC(NC(=O)Nc2cc3[nH]nc(-c4ccc(F)cc4)c3cn2)C1. The number of hydrogen-bond acceptors (Lipinski definition) is 5. The third kappa shape index (κ3) is 5.13. The number of urea groups is 1. The van der Waals surface area contributed by atoms with Crippen molar-refractivity contribution < 1.29 is 18.3 Å². The number of piperidine rings is 1. The number of nitrogens with one attached hydrogen (secondary N) is 3. The number of carbonyl (C=O) groups is 1. The smallest absolute Gasteiger partial charge is 0.320 e. The molecular weight excluding hydrogens is 466 g/mol. The predicted octanol–water partition coefficient (Wildman–Crippen LogP) is 4.70. The number of carbonyl (C=O) groups excluding carboxylic acids is 1. The highest BCUT2D eigenvalue weighted by atomic mass is 19.1. The molecule has 1 atom stereocenters. The van der Waals surface area contributed by atoms with Gasteiger partial charge >= 0.3 is 6.03 Å². The maximum atomic E-state index is 14.4. The zero-order valence-corrected chi connectivity index (χ0v) is 19.7. The monoisotopic (exact) mass is 492 g/mol. The molecule has 2 amide bonds. The van der Waals surface area contributed by atoms with Gasteiger partial charge in [0.15, 0.2) is 0 Å². The van der Waals surface area contributed by atoms with Crippen LogP contribution in [0.1, 0.15) is 18.4 Å². The van der Waals surface area contributed by atoms with Crippen molar-refractivity contribution in [1.29, 1.82) is 0 Å². The number of likely N-dealkylation sites (tertiary alicyclic amines) is 1. The number of nitrogens with zero attached hydrogens (tertiary/aromatic N) is 3. The molecule has 5 rings (SSSR count). The number of H-pyrrole nitrogens is 1. The molecule has 8 nitrogen and oxygen atoms in total. The molecular formula is C26H26F2N6O2. The van der Waals surface area contributed by atoms with Crippen LogP contribution < -0.4 is 15.4 Å². The summed E-state index contributed by atoms with van der Waals surface area (Å²) >= 11 is 0. The van der Waals surface area contributed by atoms with Crippen LogP contribution in [-0.4, -0.2) is 52.4 Å². The quantitative estimate of drug-likeness (QED) is 0.363. The van der Waals surface area contributed by atoms with E-state index in [1.54, 1.807) is 36.5 Å². The average Bonchev–Trinajstić information content (AvgIpc) is 3.29. The van der Waals surface area contributed by atoms with Crippen molar-refractivity contribution in [2.24, 2.45) is 0 Å². The topological polar surface area (TPSA) is 95.2 Å². The van der Waals surface area contributed by atoms with Crippen LogP contribution in [0.5, 0.6) is 5.75 Å². The molecule has 0 spiro atoms. The zero-order chi connectivity index (χ0) is 25.1. The Morgan fingerprint density at radius 2 is 2.06 bits per heavy atom. The second-order valence-corrected chi connectivity index (χ2v) is 8.79. The van der Waals surface area contributed by atoms with Crippen LogP contribution in [-0.2, 0) is 6.54 Å². The number of halogens is 2. The fourth-order valence-corrected chi connectivity index (χ4v) is 4.57. The van der Waals surface area contributed by atoms with Gasteiger partial charge in [0.1, 0.15) is 28.9 Å². The highest BCUT2D eigenvalue weighted by Crippen LogP contribution is 2.27. The number of amides is 2. The van der Waals surface area contributed by atoms with Crippen molar-refractivity contribution in [3.05, 3.63) is 71.9 Å². The zero-order valence-electron chi connectivity index (χ0n) is 19.7. The third-order valence-electron chi connectivity index (χ3n) is 6.32. The van der Waals surface area contributed by atoms with Crippen molar-refractivity contribution in [2.45, 2.75) is 25.4 Å². The number of benzene rings is 2. The lowest BCUT2D eigenvalue weighted by Crippen LogP contribution is -2.48. The van der Waals surface area contributed by atoms with Gasteiger partial charge < -0.3 is 10.1 Å². The molecule has 3 heterocycles. The summed E-state index contributed by atoms with van der Waals surface area (Å²) in [6.45, 7) is 1.81. The maximum Gasteiger partial charge on any atom is 0.320 e. The first-order valence-corrected chi connectivity index (χ1v) is 11.7. The molecule has 0 aliphatic carbocycles. The van der Waals surface area contributed by atoms with E-state index < -0.39 is 0 Å². The molecule has 1 saturated heterocycles. The number of fused-ring (bicyclic) bond motifs is 1. The molecule has 186 valence electrons. The van der Waals surface area contributed by atoms with Crippen LogP contribution in [0.2, 0.25) is 0 Å². The minimum Gasteiger partial charge on any atom is -0.496 e. The highest BCUT2D eigenvalue weighted by Gasteiger charge is 2.23. The summed E-state index contributed by atoms with van der Waals surface area (Å²) < 4.78 is 32.9. The van der Waals surface area contributed by atoms with E-state index in [0.29, 0.717) is 41.4 Å². The number of rotatable bonds is 6. The second kappa shape index (κ2) is 10.3. The van der Waals surface area contributed by atoms with Crippen LogP contribution in [0.4, 0.5) is 19.4 Å². The molecule has 0 radical (unpaired) electrons. The molecule has 0 bridgehead atoms. The maximum absolute atomic E-state index is 14.4. The molecule has 36 heavy (non-hydrogen) atoms. The van der Waals surface area contributed by atoms with E-state index in [1.165, 1.54) is 25.3 Å². The molecule has 4 aromatic rings. The molecule has 2 aromatic carbocycles. The summed E-state index contributed by atoms with van der Waals surface area (Å²) in [4.78, 5) is 19.1. The van der Waals surface area contributed by atoms with Crippen molar-refractivity contribution in [1.82, 2.24) is 25.4 Å². The first-order chi connectivity index (χ1) is 17.5. The Balaban J connectivity index is 1.21. The lowest BCUT2D eigenvalue weighted by Gasteiger charge is -2.33. The Hall–Kier alpha value is -4.05. The molecule has 3 N–H and O–H groups in total. The summed E-state index contributed by atoms with van der Waals surface area (Å²) in [5.41, 5.74) is 2.63. The van der Waals surface area contributed by atoms with Crippen LogP contribution in [0.25, 0.3) is 22.2 Å². The largest absolute Gasteiger partial charge is 0.496 e. The van der Waals surface area contributed by atoms with E-state index in [0.717, 1.165) is 30.3 Å². The lowest BCUT2D eigenvalue weighted by molar-refractivity contribution is 0.180. The number of anilines is 1. The Bertz CT molecular complexity index is 1370. The Morgan fingerprint density at radius 1 is 1.22 bits per heavy atom. The van der Waals surface area contributed by atoms with Crippen LogP contribution >= 0.6 is 0 Å².